The molecule has 1 atom stereocenters. The highest BCUT2D eigenvalue weighted by Crippen LogP contribution is 2.32. The average molecular weight is 282 g/mol. The van der Waals surface area contributed by atoms with E-state index in [1.54, 1.807) is 11.3 Å². The molecule has 3 heterocycles. The van der Waals surface area contributed by atoms with E-state index in [2.05, 4.69) is 6.07 Å². The number of hydrogen-bond donors (Lipinski definition) is 1. The fraction of sp³-hybridized carbons (Fsp3) is 0.615. The first-order valence-corrected chi connectivity index (χ1v) is 8.43. The maximum atomic E-state index is 12.4. The van der Waals surface area contributed by atoms with Crippen LogP contribution in [0, 0.1) is 5.92 Å². The second-order valence-electron chi connectivity index (χ2n) is 5.00. The first-order chi connectivity index (χ1) is 8.78. The Morgan fingerprint density at radius 2 is 2.44 bits per heavy atom. The average Bonchev–Trinajstić information content (AvgIpc) is 3.04. The SMILES string of the molecule is NCC1CCN(C(=O)c2cc3c(s2)CCSC3)C1. The Kier molecular flexibility index (Phi) is 3.63. The lowest BCUT2D eigenvalue weighted by atomic mass is 10.1. The minimum absolute atomic E-state index is 0.218. The van der Waals surface area contributed by atoms with Crippen LogP contribution in [0.25, 0.3) is 0 Å². The standard InChI is InChI=1S/C13H18N2OS2/c14-6-9-1-3-15(7-9)13(16)12-5-10-8-17-4-2-11(10)18-12/h5,9H,1-4,6-8,14H2. The van der Waals surface area contributed by atoms with Gasteiger partial charge in [0.25, 0.3) is 5.91 Å². The summed E-state index contributed by atoms with van der Waals surface area (Å²) in [5.41, 5.74) is 7.06. The lowest BCUT2D eigenvalue weighted by Crippen LogP contribution is -2.29. The normalized spacial score (nSPS) is 23.2. The number of nitrogens with two attached hydrogens (primary N) is 1. The van der Waals surface area contributed by atoms with E-state index in [-0.39, 0.29) is 5.91 Å². The molecule has 2 N–H and O–H groups in total. The fourth-order valence-corrected chi connectivity index (χ4v) is 4.96. The molecular weight excluding hydrogens is 264 g/mol. The zero-order chi connectivity index (χ0) is 12.5. The van der Waals surface area contributed by atoms with Crippen LogP contribution >= 0.6 is 23.1 Å². The summed E-state index contributed by atoms with van der Waals surface area (Å²) in [7, 11) is 0. The molecule has 18 heavy (non-hydrogen) atoms. The molecule has 1 amide bonds. The smallest absolute Gasteiger partial charge is 0.263 e. The molecule has 1 fully saturated rings. The number of amides is 1. The highest BCUT2D eigenvalue weighted by Gasteiger charge is 2.28. The van der Waals surface area contributed by atoms with E-state index < -0.39 is 0 Å². The number of carbonyl (C=O) groups is 1. The van der Waals surface area contributed by atoms with E-state index >= 15 is 0 Å². The third-order valence-corrected chi connectivity index (χ3v) is 5.98. The number of nitrogens with zero attached hydrogens (tertiary/aromatic N) is 1. The predicted molar refractivity (Wildman–Crippen MR) is 77.2 cm³/mol. The summed E-state index contributed by atoms with van der Waals surface area (Å²) in [6.45, 7) is 2.41. The summed E-state index contributed by atoms with van der Waals surface area (Å²) in [5, 5.41) is 0. The molecule has 0 saturated carbocycles. The van der Waals surface area contributed by atoms with E-state index in [0.29, 0.717) is 12.5 Å². The number of fused-ring (bicyclic) bond motifs is 1. The molecule has 3 nitrogen and oxygen atoms in total. The van der Waals surface area contributed by atoms with E-state index in [1.807, 2.05) is 16.7 Å². The van der Waals surface area contributed by atoms with Gasteiger partial charge >= 0.3 is 0 Å². The summed E-state index contributed by atoms with van der Waals surface area (Å²) in [5.74, 6) is 2.99. The van der Waals surface area contributed by atoms with Gasteiger partial charge in [-0.25, -0.2) is 0 Å². The van der Waals surface area contributed by atoms with Gasteiger partial charge in [0.05, 0.1) is 4.88 Å². The Hall–Kier alpha value is -0.520. The molecule has 1 unspecified atom stereocenters. The molecule has 0 aromatic carbocycles. The van der Waals surface area contributed by atoms with Crippen molar-refractivity contribution in [3.05, 3.63) is 21.4 Å². The number of thiophene rings is 1. The van der Waals surface area contributed by atoms with Gasteiger partial charge in [-0.15, -0.1) is 11.3 Å². The highest BCUT2D eigenvalue weighted by atomic mass is 32.2. The van der Waals surface area contributed by atoms with Gasteiger partial charge in [-0.05, 0) is 42.7 Å². The number of aryl methyl sites for hydroxylation is 1. The molecule has 1 aromatic heterocycles. The molecule has 98 valence electrons. The van der Waals surface area contributed by atoms with Crippen LogP contribution in [0.5, 0.6) is 0 Å². The Bertz CT molecular complexity index is 434. The number of hydrogen-bond acceptors (Lipinski definition) is 4. The fourth-order valence-electron chi connectivity index (χ4n) is 2.62. The maximum absolute atomic E-state index is 12.4. The molecule has 1 saturated heterocycles. The van der Waals surface area contributed by atoms with Crippen LogP contribution in [0.4, 0.5) is 0 Å². The number of thioether (sulfide) groups is 1. The Labute approximate surface area is 116 Å². The van der Waals surface area contributed by atoms with Crippen LogP contribution in [0.15, 0.2) is 6.07 Å². The van der Waals surface area contributed by atoms with Gasteiger partial charge in [0.15, 0.2) is 0 Å². The lowest BCUT2D eigenvalue weighted by molar-refractivity contribution is 0.0792. The van der Waals surface area contributed by atoms with Gasteiger partial charge in [0.2, 0.25) is 0 Å². The molecule has 0 bridgehead atoms. The quantitative estimate of drug-likeness (QED) is 0.902. The van der Waals surface area contributed by atoms with Crippen LogP contribution < -0.4 is 5.73 Å². The minimum atomic E-state index is 0.218. The van der Waals surface area contributed by atoms with Gasteiger partial charge in [0, 0.05) is 23.7 Å². The summed E-state index contributed by atoms with van der Waals surface area (Å²) in [4.78, 5) is 16.7. The zero-order valence-corrected chi connectivity index (χ0v) is 12.0. The second-order valence-corrected chi connectivity index (χ2v) is 7.25. The topological polar surface area (TPSA) is 46.3 Å². The number of likely N-dealkylation sites (tertiary alicyclic amines) is 1. The van der Waals surface area contributed by atoms with Crippen molar-refractivity contribution >= 4 is 29.0 Å². The Morgan fingerprint density at radius 3 is 3.17 bits per heavy atom. The van der Waals surface area contributed by atoms with Crippen LogP contribution in [-0.4, -0.2) is 36.2 Å². The van der Waals surface area contributed by atoms with Gasteiger partial charge in [-0.2, -0.15) is 11.8 Å². The van der Waals surface area contributed by atoms with E-state index in [4.69, 9.17) is 5.73 Å². The van der Waals surface area contributed by atoms with Crippen molar-refractivity contribution in [2.24, 2.45) is 11.7 Å². The Balaban J connectivity index is 1.74. The van der Waals surface area contributed by atoms with Crippen molar-refractivity contribution in [3.8, 4) is 0 Å². The van der Waals surface area contributed by atoms with Gasteiger partial charge in [-0.3, -0.25) is 4.79 Å². The molecule has 3 rings (SSSR count). The Morgan fingerprint density at radius 1 is 1.56 bits per heavy atom. The predicted octanol–water partition coefficient (Wildman–Crippen LogP) is 1.96. The third kappa shape index (κ3) is 2.31. The summed E-state index contributed by atoms with van der Waals surface area (Å²) in [6.07, 6.45) is 2.19. The minimum Gasteiger partial charge on any atom is -0.338 e. The van der Waals surface area contributed by atoms with E-state index in [9.17, 15) is 4.79 Å². The van der Waals surface area contributed by atoms with Crippen LogP contribution in [-0.2, 0) is 12.2 Å². The molecule has 0 radical (unpaired) electrons. The number of carbonyl (C=O) groups excluding carboxylic acids is 1. The largest absolute Gasteiger partial charge is 0.338 e. The van der Waals surface area contributed by atoms with Gasteiger partial charge < -0.3 is 10.6 Å². The van der Waals surface area contributed by atoms with Crippen LogP contribution in [0.1, 0.15) is 26.5 Å². The van der Waals surface area contributed by atoms with Crippen LogP contribution in [0.2, 0.25) is 0 Å². The molecule has 5 heteroatoms. The molecule has 0 spiro atoms. The van der Waals surface area contributed by atoms with Gasteiger partial charge in [-0.1, -0.05) is 0 Å². The van der Waals surface area contributed by atoms with Crippen LogP contribution in [0.3, 0.4) is 0 Å². The van der Waals surface area contributed by atoms with Crippen molar-refractivity contribution in [1.29, 1.82) is 0 Å². The first-order valence-electron chi connectivity index (χ1n) is 6.46. The lowest BCUT2D eigenvalue weighted by Gasteiger charge is -2.14. The van der Waals surface area contributed by atoms with E-state index in [1.165, 1.54) is 16.2 Å². The van der Waals surface area contributed by atoms with Crippen molar-refractivity contribution in [2.45, 2.75) is 18.6 Å². The molecule has 2 aliphatic heterocycles. The second kappa shape index (κ2) is 5.23. The summed E-state index contributed by atoms with van der Waals surface area (Å²) >= 11 is 3.67. The van der Waals surface area contributed by atoms with Gasteiger partial charge in [0.1, 0.15) is 0 Å². The first kappa shape index (κ1) is 12.5. The van der Waals surface area contributed by atoms with Crippen molar-refractivity contribution in [2.75, 3.05) is 25.4 Å². The van der Waals surface area contributed by atoms with Crippen molar-refractivity contribution < 1.29 is 4.79 Å². The van der Waals surface area contributed by atoms with Crippen molar-refractivity contribution in [1.82, 2.24) is 4.90 Å². The zero-order valence-electron chi connectivity index (χ0n) is 10.4. The molecular formula is C13H18N2OS2. The monoisotopic (exact) mass is 282 g/mol. The van der Waals surface area contributed by atoms with Crippen molar-refractivity contribution in [3.63, 3.8) is 0 Å². The molecule has 2 aliphatic rings. The van der Waals surface area contributed by atoms with E-state index in [0.717, 1.165) is 36.6 Å². The maximum Gasteiger partial charge on any atom is 0.263 e. The highest BCUT2D eigenvalue weighted by molar-refractivity contribution is 7.98. The molecule has 1 aromatic rings. The third-order valence-electron chi connectivity index (χ3n) is 3.74. The summed E-state index contributed by atoms with van der Waals surface area (Å²) < 4.78 is 0. The number of rotatable bonds is 2. The molecule has 0 aliphatic carbocycles. The summed E-state index contributed by atoms with van der Waals surface area (Å²) in [6, 6.07) is 2.12.